The molecule has 0 saturated carbocycles. The van der Waals surface area contributed by atoms with Gasteiger partial charge in [-0.15, -0.1) is 0 Å². The number of phenolic OH excluding ortho intramolecular Hbond substituents is 1. The molecule has 0 bridgehead atoms. The maximum absolute atomic E-state index is 12.9. The van der Waals surface area contributed by atoms with Crippen molar-refractivity contribution in [2.75, 3.05) is 7.11 Å². The highest BCUT2D eigenvalue weighted by Gasteiger charge is 2.48. The monoisotopic (exact) mass is 460 g/mol. The lowest BCUT2D eigenvalue weighted by Gasteiger charge is -2.38. The number of methoxy groups -OCH3 is 1. The summed E-state index contributed by atoms with van der Waals surface area (Å²) in [6.07, 6.45) is -7.41. The van der Waals surface area contributed by atoms with Gasteiger partial charge in [0.05, 0.1) is 18.1 Å². The number of aliphatic hydroxyl groups is 3. The van der Waals surface area contributed by atoms with Gasteiger partial charge in [0.25, 0.3) is 0 Å². The standard InChI is InChI=1S/C22H20O11/c1-30-15-6-11-14(7-13(15)23)31-8-12(16(11)24)9-2-4-10(5-3-9)32-22-19(27)17(25)18(26)20(33-22)21(28)29/h2-8,17-20,22-23,25-27H,1H3,(H,28,29)/t17-,18-,19+,20-,22+/m0/s1. The summed E-state index contributed by atoms with van der Waals surface area (Å²) in [6.45, 7) is 0. The van der Waals surface area contributed by atoms with Crippen molar-refractivity contribution >= 4 is 16.9 Å². The Bertz CT molecular complexity index is 1230. The molecule has 1 aliphatic rings. The van der Waals surface area contributed by atoms with Gasteiger partial charge in [-0.3, -0.25) is 4.79 Å². The molecule has 1 aromatic heterocycles. The van der Waals surface area contributed by atoms with Crippen molar-refractivity contribution < 1.29 is 49.0 Å². The molecule has 0 spiro atoms. The number of hydrogen-bond donors (Lipinski definition) is 5. The van der Waals surface area contributed by atoms with Gasteiger partial charge >= 0.3 is 5.97 Å². The summed E-state index contributed by atoms with van der Waals surface area (Å²) in [5.74, 6) is -1.43. The Morgan fingerprint density at radius 1 is 1.03 bits per heavy atom. The molecule has 3 aromatic rings. The fraction of sp³-hybridized carbons (Fsp3) is 0.273. The smallest absolute Gasteiger partial charge is 0.335 e. The lowest BCUT2D eigenvalue weighted by atomic mass is 9.99. The van der Waals surface area contributed by atoms with Crippen LogP contribution < -0.4 is 14.9 Å². The number of hydrogen-bond acceptors (Lipinski definition) is 10. The number of aliphatic carboxylic acids is 1. The van der Waals surface area contributed by atoms with Crippen LogP contribution in [0.25, 0.3) is 22.1 Å². The molecule has 33 heavy (non-hydrogen) atoms. The Hall–Kier alpha value is -3.64. The van der Waals surface area contributed by atoms with Crippen LogP contribution in [0.1, 0.15) is 0 Å². The van der Waals surface area contributed by atoms with Gasteiger partial charge in [-0.2, -0.15) is 0 Å². The van der Waals surface area contributed by atoms with Crippen LogP contribution >= 0.6 is 0 Å². The van der Waals surface area contributed by atoms with E-state index in [0.717, 1.165) is 0 Å². The molecule has 174 valence electrons. The fourth-order valence-electron chi connectivity index (χ4n) is 3.50. The van der Waals surface area contributed by atoms with Crippen LogP contribution in [-0.2, 0) is 9.53 Å². The van der Waals surface area contributed by atoms with E-state index >= 15 is 0 Å². The molecule has 1 aliphatic heterocycles. The second-order valence-corrected chi connectivity index (χ2v) is 7.38. The average Bonchev–Trinajstić information content (AvgIpc) is 2.80. The molecule has 0 radical (unpaired) electrons. The number of fused-ring (bicyclic) bond motifs is 1. The van der Waals surface area contributed by atoms with E-state index in [0.29, 0.717) is 5.56 Å². The Morgan fingerprint density at radius 3 is 2.36 bits per heavy atom. The van der Waals surface area contributed by atoms with Crippen molar-refractivity contribution in [2.24, 2.45) is 0 Å². The largest absolute Gasteiger partial charge is 0.504 e. The minimum absolute atomic E-state index is 0.119. The molecular formula is C22H20O11. The fourth-order valence-corrected chi connectivity index (χ4v) is 3.50. The van der Waals surface area contributed by atoms with E-state index in [1.54, 1.807) is 0 Å². The Morgan fingerprint density at radius 2 is 1.73 bits per heavy atom. The highest BCUT2D eigenvalue weighted by molar-refractivity contribution is 5.84. The Labute approximate surface area is 185 Å². The van der Waals surface area contributed by atoms with E-state index < -0.39 is 36.7 Å². The maximum Gasteiger partial charge on any atom is 0.335 e. The minimum atomic E-state index is -1.83. The highest BCUT2D eigenvalue weighted by atomic mass is 16.7. The summed E-state index contributed by atoms with van der Waals surface area (Å²) in [5, 5.41) is 48.9. The molecule has 5 N–H and O–H groups in total. The van der Waals surface area contributed by atoms with Crippen molar-refractivity contribution in [1.29, 1.82) is 0 Å². The summed E-state index contributed by atoms with van der Waals surface area (Å²) in [5.41, 5.74) is 0.504. The van der Waals surface area contributed by atoms with Crippen LogP contribution in [0.3, 0.4) is 0 Å². The molecule has 1 saturated heterocycles. The number of aliphatic hydroxyl groups excluding tert-OH is 3. The molecule has 11 heteroatoms. The molecule has 5 atom stereocenters. The quantitative estimate of drug-likeness (QED) is 0.357. The van der Waals surface area contributed by atoms with Crippen LogP contribution in [-0.4, -0.2) is 69.3 Å². The van der Waals surface area contributed by atoms with E-state index in [1.807, 2.05) is 0 Å². The van der Waals surface area contributed by atoms with Gasteiger partial charge in [0.15, 0.2) is 17.6 Å². The van der Waals surface area contributed by atoms with Gasteiger partial charge in [0.1, 0.15) is 35.9 Å². The molecule has 0 amide bonds. The zero-order valence-electron chi connectivity index (χ0n) is 17.1. The summed E-state index contributed by atoms with van der Waals surface area (Å²) in [4.78, 5) is 24.1. The predicted octanol–water partition coefficient (Wildman–Crippen LogP) is 0.445. The lowest BCUT2D eigenvalue weighted by Crippen LogP contribution is -2.61. The predicted molar refractivity (Wildman–Crippen MR) is 111 cm³/mol. The number of aromatic hydroxyl groups is 1. The van der Waals surface area contributed by atoms with Crippen LogP contribution in [0.5, 0.6) is 17.2 Å². The zero-order chi connectivity index (χ0) is 23.9. The first-order valence-electron chi connectivity index (χ1n) is 9.73. The van der Waals surface area contributed by atoms with Crippen molar-refractivity contribution in [2.45, 2.75) is 30.7 Å². The van der Waals surface area contributed by atoms with E-state index in [4.69, 9.17) is 23.7 Å². The maximum atomic E-state index is 12.9. The number of carboxylic acid groups (broad SMARTS) is 1. The third-order valence-corrected chi connectivity index (χ3v) is 5.30. The highest BCUT2D eigenvalue weighted by Crippen LogP contribution is 2.32. The summed E-state index contributed by atoms with van der Waals surface area (Å²) < 4.78 is 21.0. The molecule has 1 fully saturated rings. The van der Waals surface area contributed by atoms with Crippen LogP contribution in [0.15, 0.2) is 51.9 Å². The third-order valence-electron chi connectivity index (χ3n) is 5.30. The lowest BCUT2D eigenvalue weighted by molar-refractivity contribution is -0.271. The second kappa shape index (κ2) is 8.71. The SMILES string of the molecule is COc1cc2c(=O)c(-c3ccc(O[C@@H]4O[C@H](C(=O)O)[C@@H](O)[C@H](O)[C@H]4O)cc3)coc2cc1O. The van der Waals surface area contributed by atoms with Crippen molar-refractivity contribution in [3.05, 3.63) is 52.9 Å². The molecular weight excluding hydrogens is 440 g/mol. The second-order valence-electron chi connectivity index (χ2n) is 7.38. The van der Waals surface area contributed by atoms with Gasteiger partial charge in [-0.05, 0) is 23.8 Å². The number of rotatable bonds is 5. The molecule has 2 aromatic carbocycles. The first-order valence-corrected chi connectivity index (χ1v) is 9.73. The van der Waals surface area contributed by atoms with E-state index in [9.17, 15) is 30.0 Å². The van der Waals surface area contributed by atoms with Gasteiger partial charge in [0, 0.05) is 6.07 Å². The molecule has 0 unspecified atom stereocenters. The van der Waals surface area contributed by atoms with Crippen molar-refractivity contribution in [3.63, 3.8) is 0 Å². The van der Waals surface area contributed by atoms with Gasteiger partial charge in [0.2, 0.25) is 11.7 Å². The summed E-state index contributed by atoms with van der Waals surface area (Å²) in [6, 6.07) is 8.60. The Kier molecular flexibility index (Phi) is 5.95. The number of ether oxygens (including phenoxy) is 3. The van der Waals surface area contributed by atoms with Crippen LogP contribution in [0, 0.1) is 0 Å². The minimum Gasteiger partial charge on any atom is -0.504 e. The number of benzene rings is 2. The average molecular weight is 460 g/mol. The summed E-state index contributed by atoms with van der Waals surface area (Å²) >= 11 is 0. The molecule has 4 rings (SSSR count). The van der Waals surface area contributed by atoms with Gasteiger partial charge in [-0.25, -0.2) is 4.79 Å². The van der Waals surface area contributed by atoms with Crippen LogP contribution in [0.4, 0.5) is 0 Å². The number of phenols is 1. The topological polar surface area (TPSA) is 176 Å². The van der Waals surface area contributed by atoms with Crippen LogP contribution in [0.2, 0.25) is 0 Å². The first kappa shape index (κ1) is 22.6. The molecule has 0 aliphatic carbocycles. The van der Waals surface area contributed by atoms with Gasteiger partial charge < -0.3 is 44.2 Å². The van der Waals surface area contributed by atoms with E-state index in [1.165, 1.54) is 49.8 Å². The Balaban J connectivity index is 1.59. The number of carbonyl (C=O) groups is 1. The number of carboxylic acids is 1. The first-order chi connectivity index (χ1) is 15.7. The third kappa shape index (κ3) is 4.10. The zero-order valence-corrected chi connectivity index (χ0v) is 17.1. The van der Waals surface area contributed by atoms with E-state index in [-0.39, 0.29) is 39.2 Å². The van der Waals surface area contributed by atoms with Crippen molar-refractivity contribution in [3.8, 4) is 28.4 Å². The molecule has 2 heterocycles. The summed E-state index contributed by atoms with van der Waals surface area (Å²) in [7, 11) is 1.36. The van der Waals surface area contributed by atoms with Crippen molar-refractivity contribution in [1.82, 2.24) is 0 Å². The van der Waals surface area contributed by atoms with Gasteiger partial charge in [-0.1, -0.05) is 12.1 Å². The molecule has 11 nitrogen and oxygen atoms in total. The normalized spacial score (nSPS) is 25.0. The van der Waals surface area contributed by atoms with E-state index in [2.05, 4.69) is 0 Å².